The van der Waals surface area contributed by atoms with Gasteiger partial charge in [0.15, 0.2) is 0 Å². The van der Waals surface area contributed by atoms with E-state index in [1.165, 1.54) is 0 Å². The van der Waals surface area contributed by atoms with Crippen molar-refractivity contribution >= 4 is 6.09 Å². The van der Waals surface area contributed by atoms with Gasteiger partial charge in [-0.15, -0.1) is 0 Å². The minimum absolute atomic E-state index is 0.00328. The van der Waals surface area contributed by atoms with Crippen molar-refractivity contribution in [3.63, 3.8) is 0 Å². The molecular formula is C19H21NO3. The van der Waals surface area contributed by atoms with Crippen LogP contribution in [0.4, 0.5) is 4.79 Å². The Bertz CT molecular complexity index is 654. The van der Waals surface area contributed by atoms with E-state index in [1.54, 1.807) is 4.90 Å². The lowest BCUT2D eigenvalue weighted by Crippen LogP contribution is -2.24. The van der Waals surface area contributed by atoms with Gasteiger partial charge in [0.25, 0.3) is 0 Å². The van der Waals surface area contributed by atoms with Crippen LogP contribution in [0.25, 0.3) is 0 Å². The molecule has 0 bridgehead atoms. The summed E-state index contributed by atoms with van der Waals surface area (Å²) >= 11 is 0. The summed E-state index contributed by atoms with van der Waals surface area (Å²) in [5.74, 6) is 0.822. The summed E-state index contributed by atoms with van der Waals surface area (Å²) in [6.45, 7) is 5.14. The number of carbonyl (C=O) groups excluding carboxylic acids is 1. The minimum Gasteiger partial charge on any atom is -0.486 e. The van der Waals surface area contributed by atoms with Gasteiger partial charge < -0.3 is 14.4 Å². The Balaban J connectivity index is 1.60. The molecule has 0 aromatic heterocycles. The number of nitrogens with zero attached hydrogens (tertiary/aromatic N) is 1. The first-order valence-electron chi connectivity index (χ1n) is 7.88. The fraction of sp³-hybridized carbons (Fsp3) is 0.316. The zero-order valence-electron chi connectivity index (χ0n) is 13.4. The lowest BCUT2D eigenvalue weighted by Gasteiger charge is -2.16. The number of carbonyl (C=O) groups is 1. The molecule has 0 saturated carbocycles. The van der Waals surface area contributed by atoms with E-state index in [9.17, 15) is 4.79 Å². The number of hydrogen-bond donors (Lipinski definition) is 0. The molecule has 2 aromatic rings. The quantitative estimate of drug-likeness (QED) is 0.832. The highest BCUT2D eigenvalue weighted by molar-refractivity contribution is 5.69. The van der Waals surface area contributed by atoms with Gasteiger partial charge in [-0.3, -0.25) is 0 Å². The van der Waals surface area contributed by atoms with Crippen molar-refractivity contribution in [3.05, 3.63) is 65.7 Å². The molecule has 120 valence electrons. The third-order valence-corrected chi connectivity index (χ3v) is 3.92. The second kappa shape index (κ2) is 6.73. The number of rotatable bonds is 5. The first kappa shape index (κ1) is 15.4. The number of hydrogen-bond acceptors (Lipinski definition) is 3. The lowest BCUT2D eigenvalue weighted by atomic mass is 10.1. The Morgan fingerprint density at radius 2 is 1.87 bits per heavy atom. The predicted molar refractivity (Wildman–Crippen MR) is 88.3 cm³/mol. The van der Waals surface area contributed by atoms with Crippen LogP contribution in [0.15, 0.2) is 54.6 Å². The van der Waals surface area contributed by atoms with Crippen LogP contribution in [0, 0.1) is 0 Å². The maximum absolute atomic E-state index is 11.6. The van der Waals surface area contributed by atoms with Crippen molar-refractivity contribution in [2.45, 2.75) is 32.6 Å². The zero-order valence-corrected chi connectivity index (χ0v) is 13.4. The number of ether oxygens (including phenoxy) is 2. The van der Waals surface area contributed by atoms with Crippen molar-refractivity contribution in [1.82, 2.24) is 4.90 Å². The van der Waals surface area contributed by atoms with Crippen LogP contribution in [0.2, 0.25) is 0 Å². The molecule has 1 aliphatic heterocycles. The molecule has 2 aromatic carbocycles. The van der Waals surface area contributed by atoms with Crippen LogP contribution in [0.5, 0.6) is 5.75 Å². The van der Waals surface area contributed by atoms with Gasteiger partial charge in [0, 0.05) is 6.54 Å². The van der Waals surface area contributed by atoms with Crippen molar-refractivity contribution in [2.24, 2.45) is 0 Å². The smallest absolute Gasteiger partial charge is 0.410 e. The van der Waals surface area contributed by atoms with E-state index in [0.29, 0.717) is 13.1 Å². The Labute approximate surface area is 136 Å². The standard InChI is InChI=1S/C19H21NO3/c1-14-12-20(19(21)22-14)13-16-8-10-18(11-9-16)23-15(2)17-6-4-3-5-7-17/h3-11,14-15H,12-13H2,1-2H3. The number of cyclic esters (lactones) is 1. The van der Waals surface area contributed by atoms with Crippen molar-refractivity contribution in [1.29, 1.82) is 0 Å². The Kier molecular flexibility index (Phi) is 4.51. The fourth-order valence-electron chi connectivity index (χ4n) is 2.69. The van der Waals surface area contributed by atoms with Gasteiger partial charge in [-0.1, -0.05) is 42.5 Å². The van der Waals surface area contributed by atoms with Gasteiger partial charge in [0.1, 0.15) is 18.0 Å². The summed E-state index contributed by atoms with van der Waals surface area (Å²) in [5, 5.41) is 0. The number of benzene rings is 2. The average Bonchev–Trinajstić information content (AvgIpc) is 2.87. The van der Waals surface area contributed by atoms with Crippen molar-refractivity contribution in [3.8, 4) is 5.75 Å². The van der Waals surface area contributed by atoms with E-state index < -0.39 is 0 Å². The molecular weight excluding hydrogens is 290 g/mol. The molecule has 3 rings (SSSR count). The highest BCUT2D eigenvalue weighted by Crippen LogP contribution is 2.23. The topological polar surface area (TPSA) is 38.8 Å². The molecule has 1 aliphatic rings. The molecule has 2 atom stereocenters. The zero-order chi connectivity index (χ0) is 16.2. The summed E-state index contributed by atoms with van der Waals surface area (Å²) in [5.41, 5.74) is 2.21. The van der Waals surface area contributed by atoms with Crippen LogP contribution >= 0.6 is 0 Å². The maximum atomic E-state index is 11.6. The number of amides is 1. The molecule has 0 radical (unpaired) electrons. The van der Waals surface area contributed by atoms with Gasteiger partial charge in [0.05, 0.1) is 6.54 Å². The van der Waals surface area contributed by atoms with Crippen molar-refractivity contribution in [2.75, 3.05) is 6.54 Å². The second-order valence-corrected chi connectivity index (χ2v) is 5.89. The third-order valence-electron chi connectivity index (χ3n) is 3.92. The molecule has 4 heteroatoms. The minimum atomic E-state index is -0.240. The summed E-state index contributed by atoms with van der Waals surface area (Å²) in [4.78, 5) is 13.4. The van der Waals surface area contributed by atoms with Crippen LogP contribution in [0.3, 0.4) is 0 Å². The molecule has 4 nitrogen and oxygen atoms in total. The Morgan fingerprint density at radius 3 is 2.48 bits per heavy atom. The van der Waals surface area contributed by atoms with E-state index in [2.05, 4.69) is 12.1 Å². The van der Waals surface area contributed by atoms with Gasteiger partial charge >= 0.3 is 6.09 Å². The molecule has 2 unspecified atom stereocenters. The third kappa shape index (κ3) is 3.83. The van der Waals surface area contributed by atoms with E-state index in [0.717, 1.165) is 16.9 Å². The summed E-state index contributed by atoms with van der Waals surface area (Å²) in [7, 11) is 0. The molecule has 1 amide bonds. The Hall–Kier alpha value is -2.49. The van der Waals surface area contributed by atoms with Crippen molar-refractivity contribution < 1.29 is 14.3 Å². The molecule has 1 heterocycles. The molecule has 0 aliphatic carbocycles. The normalized spacial score (nSPS) is 18.6. The molecule has 1 fully saturated rings. The lowest BCUT2D eigenvalue weighted by molar-refractivity contribution is 0.137. The fourth-order valence-corrected chi connectivity index (χ4v) is 2.69. The van der Waals surface area contributed by atoms with Crippen LogP contribution in [0.1, 0.15) is 31.1 Å². The average molecular weight is 311 g/mol. The highest BCUT2D eigenvalue weighted by Gasteiger charge is 2.27. The van der Waals surface area contributed by atoms with E-state index in [1.807, 2.05) is 56.3 Å². The summed E-state index contributed by atoms with van der Waals surface area (Å²) in [6.07, 6.45) is -0.274. The van der Waals surface area contributed by atoms with E-state index >= 15 is 0 Å². The van der Waals surface area contributed by atoms with Gasteiger partial charge in [0.2, 0.25) is 0 Å². The largest absolute Gasteiger partial charge is 0.486 e. The molecule has 1 saturated heterocycles. The molecule has 0 spiro atoms. The van der Waals surface area contributed by atoms with Gasteiger partial charge in [-0.05, 0) is 37.1 Å². The highest BCUT2D eigenvalue weighted by atomic mass is 16.6. The SMILES string of the molecule is CC1CN(Cc2ccc(OC(C)c3ccccc3)cc2)C(=O)O1. The summed E-state index contributed by atoms with van der Waals surface area (Å²) in [6, 6.07) is 18.0. The predicted octanol–water partition coefficient (Wildman–Crippen LogP) is 4.17. The van der Waals surface area contributed by atoms with Gasteiger partial charge in [-0.2, -0.15) is 0 Å². The molecule has 23 heavy (non-hydrogen) atoms. The van der Waals surface area contributed by atoms with Gasteiger partial charge in [-0.25, -0.2) is 4.79 Å². The second-order valence-electron chi connectivity index (χ2n) is 5.89. The Morgan fingerprint density at radius 1 is 1.17 bits per heavy atom. The first-order chi connectivity index (χ1) is 11.1. The monoisotopic (exact) mass is 311 g/mol. The van der Waals surface area contributed by atoms with Crippen LogP contribution < -0.4 is 4.74 Å². The van der Waals surface area contributed by atoms with E-state index in [-0.39, 0.29) is 18.3 Å². The van der Waals surface area contributed by atoms with Crippen LogP contribution in [-0.4, -0.2) is 23.6 Å². The first-order valence-corrected chi connectivity index (χ1v) is 7.88. The van der Waals surface area contributed by atoms with Crippen LogP contribution in [-0.2, 0) is 11.3 Å². The van der Waals surface area contributed by atoms with E-state index in [4.69, 9.17) is 9.47 Å². The maximum Gasteiger partial charge on any atom is 0.410 e. The summed E-state index contributed by atoms with van der Waals surface area (Å²) < 4.78 is 11.1. The molecule has 0 N–H and O–H groups in total.